The molecule has 0 radical (unpaired) electrons. The zero-order valence-electron chi connectivity index (χ0n) is 14.9. The van der Waals surface area contributed by atoms with Crippen LogP contribution in [-0.4, -0.2) is 56.5 Å². The van der Waals surface area contributed by atoms with Crippen LogP contribution in [-0.2, 0) is 19.6 Å². The van der Waals surface area contributed by atoms with E-state index in [1.54, 1.807) is 19.1 Å². The number of carbonyl (C=O) groups is 2. The summed E-state index contributed by atoms with van der Waals surface area (Å²) in [5.41, 5.74) is -0.933. The molecule has 1 aromatic carbocycles. The molecule has 1 aliphatic heterocycles. The minimum Gasteiger partial charge on any atom is -0.494 e. The van der Waals surface area contributed by atoms with Gasteiger partial charge in [-0.1, -0.05) is 0 Å². The summed E-state index contributed by atoms with van der Waals surface area (Å²) >= 11 is 0. The number of carboxylic acids is 1. The second-order valence-electron chi connectivity index (χ2n) is 6.48. The largest absolute Gasteiger partial charge is 0.494 e. The monoisotopic (exact) mass is 384 g/mol. The lowest BCUT2D eigenvalue weighted by atomic mass is 9.90. The molecule has 2 rings (SSSR count). The molecule has 144 valence electrons. The summed E-state index contributed by atoms with van der Waals surface area (Å²) in [6, 6.07) is 6.02. The molecule has 26 heavy (non-hydrogen) atoms. The Bertz CT molecular complexity index is 762. The molecule has 1 saturated heterocycles. The van der Waals surface area contributed by atoms with Gasteiger partial charge in [0, 0.05) is 26.1 Å². The number of carbonyl (C=O) groups excluding carboxylic acids is 1. The Hall–Kier alpha value is -2.13. The molecule has 0 bridgehead atoms. The van der Waals surface area contributed by atoms with Gasteiger partial charge in [0.05, 0.1) is 16.9 Å². The van der Waals surface area contributed by atoms with Gasteiger partial charge in [-0.2, -0.15) is 0 Å². The summed E-state index contributed by atoms with van der Waals surface area (Å²) in [5, 5.41) is 9.20. The van der Waals surface area contributed by atoms with E-state index >= 15 is 0 Å². The van der Waals surface area contributed by atoms with Gasteiger partial charge in [0.1, 0.15) is 5.75 Å². The molecular weight excluding hydrogens is 360 g/mol. The lowest BCUT2D eigenvalue weighted by Crippen LogP contribution is -2.36. The Morgan fingerprint density at radius 2 is 1.96 bits per heavy atom. The number of amides is 1. The van der Waals surface area contributed by atoms with Gasteiger partial charge in [0.15, 0.2) is 0 Å². The highest BCUT2D eigenvalue weighted by molar-refractivity contribution is 7.89. The lowest BCUT2D eigenvalue weighted by molar-refractivity contribution is -0.147. The van der Waals surface area contributed by atoms with Gasteiger partial charge in [-0.25, -0.2) is 13.1 Å². The van der Waals surface area contributed by atoms with Crippen molar-refractivity contribution >= 4 is 21.9 Å². The topological polar surface area (TPSA) is 113 Å². The number of nitrogens with zero attached hydrogens (tertiary/aromatic N) is 1. The number of rotatable bonds is 8. The van der Waals surface area contributed by atoms with E-state index in [2.05, 4.69) is 4.72 Å². The minimum atomic E-state index is -3.72. The zero-order valence-corrected chi connectivity index (χ0v) is 15.7. The predicted octanol–water partition coefficient (Wildman–Crippen LogP) is 1.08. The molecule has 1 unspecified atom stereocenters. The number of nitrogens with one attached hydrogen (secondary N) is 1. The van der Waals surface area contributed by atoms with Gasteiger partial charge in [0.25, 0.3) is 0 Å². The molecule has 0 aromatic heterocycles. The highest BCUT2D eigenvalue weighted by atomic mass is 32.2. The Morgan fingerprint density at radius 1 is 1.31 bits per heavy atom. The maximum Gasteiger partial charge on any atom is 0.311 e. The maximum atomic E-state index is 12.2. The quantitative estimate of drug-likeness (QED) is 0.693. The second kappa shape index (κ2) is 8.05. The standard InChI is InChI=1S/C17H24N2O6S/c1-3-25-13-4-6-14(7-5-13)26(23,24)18-10-8-15(20)19-11-9-17(2,12-19)16(21)22/h4-7,18H,3,8-12H2,1-2H3,(H,21,22). The molecule has 0 aliphatic carbocycles. The molecule has 1 amide bonds. The minimum absolute atomic E-state index is 0.0219. The van der Waals surface area contributed by atoms with Crippen molar-refractivity contribution in [2.24, 2.45) is 5.41 Å². The van der Waals surface area contributed by atoms with E-state index in [1.165, 1.54) is 17.0 Å². The van der Waals surface area contributed by atoms with E-state index in [0.29, 0.717) is 25.3 Å². The Labute approximate surface area is 153 Å². The molecule has 9 heteroatoms. The van der Waals surface area contributed by atoms with Gasteiger partial charge in [-0.15, -0.1) is 0 Å². The summed E-state index contributed by atoms with van der Waals surface area (Å²) in [6.07, 6.45) is 0.373. The average Bonchev–Trinajstić information content (AvgIpc) is 2.99. The van der Waals surface area contributed by atoms with E-state index in [-0.39, 0.29) is 30.3 Å². The van der Waals surface area contributed by atoms with Gasteiger partial charge in [-0.05, 0) is 44.5 Å². The number of sulfonamides is 1. The molecule has 1 aliphatic rings. The normalized spacial score (nSPS) is 20.2. The average molecular weight is 384 g/mol. The smallest absolute Gasteiger partial charge is 0.311 e. The second-order valence-corrected chi connectivity index (χ2v) is 8.25. The van der Waals surface area contributed by atoms with Crippen molar-refractivity contribution in [2.45, 2.75) is 31.6 Å². The fraction of sp³-hybridized carbons (Fsp3) is 0.529. The number of hydrogen-bond acceptors (Lipinski definition) is 5. The highest BCUT2D eigenvalue weighted by Gasteiger charge is 2.41. The van der Waals surface area contributed by atoms with Crippen molar-refractivity contribution in [1.82, 2.24) is 9.62 Å². The number of benzene rings is 1. The van der Waals surface area contributed by atoms with Crippen molar-refractivity contribution in [3.63, 3.8) is 0 Å². The highest BCUT2D eigenvalue weighted by Crippen LogP contribution is 2.30. The first-order chi connectivity index (χ1) is 12.2. The summed E-state index contributed by atoms with van der Waals surface area (Å²) in [4.78, 5) is 25.0. The van der Waals surface area contributed by atoms with Crippen molar-refractivity contribution in [3.05, 3.63) is 24.3 Å². The lowest BCUT2D eigenvalue weighted by Gasteiger charge is -2.20. The molecule has 2 N–H and O–H groups in total. The van der Waals surface area contributed by atoms with E-state index < -0.39 is 21.4 Å². The van der Waals surface area contributed by atoms with Crippen LogP contribution < -0.4 is 9.46 Å². The Morgan fingerprint density at radius 3 is 2.50 bits per heavy atom. The first-order valence-corrected chi connectivity index (χ1v) is 9.90. The number of hydrogen-bond donors (Lipinski definition) is 2. The molecular formula is C17H24N2O6S. The van der Waals surface area contributed by atoms with Crippen molar-refractivity contribution in [1.29, 1.82) is 0 Å². The summed E-state index contributed by atoms with van der Waals surface area (Å²) in [6.45, 7) is 4.40. The van der Waals surface area contributed by atoms with E-state index in [1.807, 2.05) is 6.92 Å². The van der Waals surface area contributed by atoms with Crippen LogP contribution in [0.4, 0.5) is 0 Å². The van der Waals surface area contributed by atoms with Gasteiger partial charge in [-0.3, -0.25) is 9.59 Å². The van der Waals surface area contributed by atoms with Crippen LogP contribution in [0.3, 0.4) is 0 Å². The molecule has 1 atom stereocenters. The van der Waals surface area contributed by atoms with E-state index in [9.17, 15) is 23.1 Å². The van der Waals surface area contributed by atoms with Crippen LogP contribution in [0.15, 0.2) is 29.2 Å². The van der Waals surface area contributed by atoms with Crippen LogP contribution in [0.5, 0.6) is 5.75 Å². The molecule has 0 spiro atoms. The van der Waals surface area contributed by atoms with E-state index in [0.717, 1.165) is 0 Å². The summed E-state index contributed by atoms with van der Waals surface area (Å²) in [7, 11) is -3.72. The predicted molar refractivity (Wildman–Crippen MR) is 94.4 cm³/mol. The molecule has 0 saturated carbocycles. The maximum absolute atomic E-state index is 12.2. The number of likely N-dealkylation sites (tertiary alicyclic amines) is 1. The summed E-state index contributed by atoms with van der Waals surface area (Å²) in [5.74, 6) is -0.606. The third-order valence-electron chi connectivity index (χ3n) is 4.42. The van der Waals surface area contributed by atoms with Crippen molar-refractivity contribution in [3.8, 4) is 5.75 Å². The van der Waals surface area contributed by atoms with Crippen LogP contribution in [0, 0.1) is 5.41 Å². The van der Waals surface area contributed by atoms with Crippen molar-refractivity contribution in [2.75, 3.05) is 26.2 Å². The molecule has 1 fully saturated rings. The molecule has 8 nitrogen and oxygen atoms in total. The fourth-order valence-electron chi connectivity index (χ4n) is 2.76. The molecule has 1 heterocycles. The van der Waals surface area contributed by atoms with Crippen LogP contribution in [0.25, 0.3) is 0 Å². The Balaban J connectivity index is 1.86. The SMILES string of the molecule is CCOc1ccc(S(=O)(=O)NCCC(=O)N2CCC(C)(C(=O)O)C2)cc1. The first kappa shape index (κ1) is 20.2. The Kier molecular flexibility index (Phi) is 6.25. The van der Waals surface area contributed by atoms with Crippen LogP contribution in [0.2, 0.25) is 0 Å². The molecule has 1 aromatic rings. The van der Waals surface area contributed by atoms with Crippen LogP contribution >= 0.6 is 0 Å². The number of aliphatic carboxylic acids is 1. The van der Waals surface area contributed by atoms with E-state index in [4.69, 9.17) is 4.74 Å². The van der Waals surface area contributed by atoms with Gasteiger partial charge < -0.3 is 14.7 Å². The number of carboxylic acid groups (broad SMARTS) is 1. The number of ether oxygens (including phenoxy) is 1. The fourth-order valence-corrected chi connectivity index (χ4v) is 3.80. The van der Waals surface area contributed by atoms with Crippen molar-refractivity contribution < 1.29 is 27.9 Å². The third-order valence-corrected chi connectivity index (χ3v) is 5.90. The van der Waals surface area contributed by atoms with Gasteiger partial charge >= 0.3 is 5.97 Å². The third kappa shape index (κ3) is 4.73. The summed E-state index contributed by atoms with van der Waals surface area (Å²) < 4.78 is 32.1. The van der Waals surface area contributed by atoms with Gasteiger partial charge in [0.2, 0.25) is 15.9 Å². The van der Waals surface area contributed by atoms with Crippen LogP contribution in [0.1, 0.15) is 26.7 Å². The zero-order chi connectivity index (χ0) is 19.4. The first-order valence-electron chi connectivity index (χ1n) is 8.41.